The molecule has 0 radical (unpaired) electrons. The van der Waals surface area contributed by atoms with Crippen molar-refractivity contribution in [3.63, 3.8) is 0 Å². The van der Waals surface area contributed by atoms with Crippen LogP contribution in [-0.2, 0) is 6.42 Å². The average Bonchev–Trinajstić information content (AvgIpc) is 2.94. The highest BCUT2D eigenvalue weighted by Crippen LogP contribution is 2.49. The molecular formula is C16H21FO. The summed E-state index contributed by atoms with van der Waals surface area (Å²) in [5, 5.41) is 10.2. The molecule has 1 N–H and O–H groups in total. The quantitative estimate of drug-likeness (QED) is 0.864. The van der Waals surface area contributed by atoms with E-state index in [4.69, 9.17) is 0 Å². The van der Waals surface area contributed by atoms with E-state index in [-0.39, 0.29) is 11.9 Å². The smallest absolute Gasteiger partial charge is 0.123 e. The molecular weight excluding hydrogens is 227 g/mol. The highest BCUT2D eigenvalue weighted by Gasteiger charge is 2.39. The van der Waals surface area contributed by atoms with Gasteiger partial charge in [0, 0.05) is 0 Å². The Morgan fingerprint density at radius 3 is 2.56 bits per heavy atom. The second-order valence-electron chi connectivity index (χ2n) is 6.16. The Hall–Kier alpha value is -0.890. The first kappa shape index (κ1) is 12.2. The molecule has 2 heteroatoms. The molecule has 98 valence electrons. The van der Waals surface area contributed by atoms with E-state index in [1.807, 2.05) is 0 Å². The molecule has 4 atom stereocenters. The van der Waals surface area contributed by atoms with E-state index >= 15 is 0 Å². The van der Waals surface area contributed by atoms with Crippen LogP contribution < -0.4 is 0 Å². The average molecular weight is 248 g/mol. The summed E-state index contributed by atoms with van der Waals surface area (Å²) >= 11 is 0. The topological polar surface area (TPSA) is 20.2 Å². The Bertz CT molecular complexity index is 400. The van der Waals surface area contributed by atoms with Gasteiger partial charge in [-0.3, -0.25) is 0 Å². The van der Waals surface area contributed by atoms with Gasteiger partial charge in [0.25, 0.3) is 0 Å². The molecule has 18 heavy (non-hydrogen) atoms. The lowest BCUT2D eigenvalue weighted by Crippen LogP contribution is -2.20. The van der Waals surface area contributed by atoms with Gasteiger partial charge >= 0.3 is 0 Å². The van der Waals surface area contributed by atoms with Gasteiger partial charge in [0.1, 0.15) is 5.82 Å². The number of hydrogen-bond donors (Lipinski definition) is 1. The Kier molecular flexibility index (Phi) is 3.38. The fraction of sp³-hybridized carbons (Fsp3) is 0.625. The Morgan fingerprint density at radius 2 is 1.94 bits per heavy atom. The zero-order valence-electron chi connectivity index (χ0n) is 10.7. The van der Waals surface area contributed by atoms with Gasteiger partial charge in [-0.2, -0.15) is 0 Å². The van der Waals surface area contributed by atoms with E-state index in [9.17, 15) is 9.50 Å². The van der Waals surface area contributed by atoms with E-state index in [2.05, 4.69) is 0 Å². The fourth-order valence-electron chi connectivity index (χ4n) is 3.99. The lowest BCUT2D eigenvalue weighted by atomic mass is 9.84. The summed E-state index contributed by atoms with van der Waals surface area (Å²) in [6, 6.07) is 6.50. The van der Waals surface area contributed by atoms with Gasteiger partial charge in [-0.15, -0.1) is 0 Å². The molecule has 2 fully saturated rings. The van der Waals surface area contributed by atoms with Gasteiger partial charge in [0.15, 0.2) is 0 Å². The standard InChI is InChI=1S/C16H21FO/c17-15-5-2-11(3-6-15)9-16(18)10-14-8-12-1-4-13(14)7-12/h2-3,5-6,12-14,16,18H,1,4,7-10H2. The van der Waals surface area contributed by atoms with Gasteiger partial charge in [-0.25, -0.2) is 4.39 Å². The number of hydrogen-bond acceptors (Lipinski definition) is 1. The maximum Gasteiger partial charge on any atom is 0.123 e. The summed E-state index contributed by atoms with van der Waals surface area (Å²) in [5.74, 6) is 2.34. The van der Waals surface area contributed by atoms with Crippen LogP contribution in [0, 0.1) is 23.6 Å². The van der Waals surface area contributed by atoms with Crippen LogP contribution in [0.5, 0.6) is 0 Å². The number of benzene rings is 1. The highest BCUT2D eigenvalue weighted by atomic mass is 19.1. The maximum absolute atomic E-state index is 12.8. The summed E-state index contributed by atoms with van der Waals surface area (Å²) in [7, 11) is 0. The second-order valence-corrected chi connectivity index (χ2v) is 6.16. The summed E-state index contributed by atoms with van der Waals surface area (Å²) in [5.41, 5.74) is 1.03. The third kappa shape index (κ3) is 2.59. The number of aliphatic hydroxyl groups is 1. The summed E-state index contributed by atoms with van der Waals surface area (Å²) in [6.45, 7) is 0. The minimum Gasteiger partial charge on any atom is -0.393 e. The van der Waals surface area contributed by atoms with Crippen molar-refractivity contribution < 1.29 is 9.50 Å². The van der Waals surface area contributed by atoms with Gasteiger partial charge in [-0.05, 0) is 67.6 Å². The van der Waals surface area contributed by atoms with Crippen molar-refractivity contribution in [1.82, 2.24) is 0 Å². The van der Waals surface area contributed by atoms with Crippen LogP contribution in [0.3, 0.4) is 0 Å². The summed E-state index contributed by atoms with van der Waals surface area (Å²) in [4.78, 5) is 0. The largest absolute Gasteiger partial charge is 0.393 e. The molecule has 0 spiro atoms. The minimum atomic E-state index is -0.264. The molecule has 0 aromatic heterocycles. The third-order valence-corrected chi connectivity index (χ3v) is 4.84. The van der Waals surface area contributed by atoms with Crippen LogP contribution in [0.25, 0.3) is 0 Å². The van der Waals surface area contributed by atoms with E-state index in [0.717, 1.165) is 29.7 Å². The van der Waals surface area contributed by atoms with E-state index < -0.39 is 0 Å². The fourth-order valence-corrected chi connectivity index (χ4v) is 3.99. The van der Waals surface area contributed by atoms with Crippen LogP contribution >= 0.6 is 0 Å². The summed E-state index contributed by atoms with van der Waals surface area (Å²) in [6.07, 6.45) is 6.83. The van der Waals surface area contributed by atoms with Crippen LogP contribution in [0.2, 0.25) is 0 Å². The normalized spacial score (nSPS) is 31.8. The molecule has 2 bridgehead atoms. The third-order valence-electron chi connectivity index (χ3n) is 4.84. The Morgan fingerprint density at radius 1 is 1.17 bits per heavy atom. The monoisotopic (exact) mass is 248 g/mol. The van der Waals surface area contributed by atoms with Crippen LogP contribution in [0.15, 0.2) is 24.3 Å². The number of halogens is 1. The first-order valence-corrected chi connectivity index (χ1v) is 7.13. The predicted molar refractivity (Wildman–Crippen MR) is 69.7 cm³/mol. The van der Waals surface area contributed by atoms with Crippen molar-refractivity contribution in [3.05, 3.63) is 35.6 Å². The first-order chi connectivity index (χ1) is 8.70. The number of rotatable bonds is 4. The van der Waals surface area contributed by atoms with E-state index in [1.54, 1.807) is 12.1 Å². The van der Waals surface area contributed by atoms with Crippen molar-refractivity contribution in [2.45, 2.75) is 44.6 Å². The molecule has 0 aliphatic heterocycles. The molecule has 3 rings (SSSR count). The minimum absolute atomic E-state index is 0.207. The van der Waals surface area contributed by atoms with Gasteiger partial charge in [0.05, 0.1) is 6.10 Å². The zero-order chi connectivity index (χ0) is 12.5. The van der Waals surface area contributed by atoms with Crippen LogP contribution in [0.4, 0.5) is 4.39 Å². The maximum atomic E-state index is 12.8. The van der Waals surface area contributed by atoms with Crippen molar-refractivity contribution >= 4 is 0 Å². The van der Waals surface area contributed by atoms with Gasteiger partial charge in [0.2, 0.25) is 0 Å². The van der Waals surface area contributed by atoms with Crippen molar-refractivity contribution in [2.24, 2.45) is 17.8 Å². The molecule has 2 aliphatic rings. The Balaban J connectivity index is 1.52. The lowest BCUT2D eigenvalue weighted by molar-refractivity contribution is 0.124. The summed E-state index contributed by atoms with van der Waals surface area (Å²) < 4.78 is 12.8. The molecule has 0 saturated heterocycles. The number of fused-ring (bicyclic) bond motifs is 2. The van der Waals surface area contributed by atoms with Crippen molar-refractivity contribution in [1.29, 1.82) is 0 Å². The number of aliphatic hydroxyl groups excluding tert-OH is 1. The van der Waals surface area contributed by atoms with Crippen molar-refractivity contribution in [2.75, 3.05) is 0 Å². The second kappa shape index (κ2) is 5.00. The molecule has 4 unspecified atom stereocenters. The van der Waals surface area contributed by atoms with E-state index in [0.29, 0.717) is 6.42 Å². The molecule has 1 aromatic rings. The van der Waals surface area contributed by atoms with Gasteiger partial charge < -0.3 is 5.11 Å². The highest BCUT2D eigenvalue weighted by molar-refractivity contribution is 5.16. The molecule has 0 amide bonds. The van der Waals surface area contributed by atoms with E-state index in [1.165, 1.54) is 37.8 Å². The van der Waals surface area contributed by atoms with Crippen LogP contribution in [0.1, 0.15) is 37.7 Å². The molecule has 1 aromatic carbocycles. The predicted octanol–water partition coefficient (Wildman–Crippen LogP) is 3.56. The SMILES string of the molecule is OC(Cc1ccc(F)cc1)CC1CC2CCC1C2. The lowest BCUT2D eigenvalue weighted by Gasteiger charge is -2.24. The molecule has 2 saturated carbocycles. The Labute approximate surface area is 108 Å². The molecule has 1 nitrogen and oxygen atoms in total. The van der Waals surface area contributed by atoms with Crippen molar-refractivity contribution in [3.8, 4) is 0 Å². The molecule has 2 aliphatic carbocycles. The van der Waals surface area contributed by atoms with Crippen LogP contribution in [-0.4, -0.2) is 11.2 Å². The van der Waals surface area contributed by atoms with Gasteiger partial charge in [-0.1, -0.05) is 18.6 Å². The molecule has 0 heterocycles. The zero-order valence-corrected chi connectivity index (χ0v) is 10.7. The first-order valence-electron chi connectivity index (χ1n) is 7.13.